The van der Waals surface area contributed by atoms with Crippen LogP contribution in [0.1, 0.15) is 21.2 Å². The molecule has 0 aliphatic carbocycles. The molecule has 7 nitrogen and oxygen atoms in total. The fourth-order valence-corrected chi connectivity index (χ4v) is 4.58. The van der Waals surface area contributed by atoms with Crippen LogP contribution in [-0.2, 0) is 16.4 Å². The summed E-state index contributed by atoms with van der Waals surface area (Å²) < 4.78 is 33.8. The number of ether oxygens (including phenoxy) is 1. The monoisotopic (exact) mass is 386 g/mol. The molecule has 0 aliphatic heterocycles. The van der Waals surface area contributed by atoms with Gasteiger partial charge in [-0.05, 0) is 30.3 Å². The van der Waals surface area contributed by atoms with Crippen LogP contribution >= 0.6 is 0 Å². The lowest BCUT2D eigenvalue weighted by Gasteiger charge is -2.21. The molecule has 3 aromatic rings. The third-order valence-corrected chi connectivity index (χ3v) is 6.31. The van der Waals surface area contributed by atoms with Crippen LogP contribution in [0.5, 0.6) is 5.75 Å². The number of benzene rings is 2. The quantitative estimate of drug-likeness (QED) is 0.670. The smallest absolute Gasteiger partial charge is 0.335 e. The molecule has 0 bridgehead atoms. The Bertz CT molecular complexity index is 1030. The van der Waals surface area contributed by atoms with Gasteiger partial charge >= 0.3 is 5.97 Å². The average molecular weight is 386 g/mol. The topological polar surface area (TPSA) is 98.5 Å². The lowest BCUT2D eigenvalue weighted by atomic mass is 10.1. The molecule has 8 heteroatoms. The number of carbonyl (C=O) groups is 1. The molecule has 0 amide bonds. The van der Waals surface area contributed by atoms with E-state index in [0.29, 0.717) is 11.3 Å². The zero-order chi connectivity index (χ0) is 19.4. The third-order valence-electron chi connectivity index (χ3n) is 4.23. The number of sulfone groups is 1. The van der Waals surface area contributed by atoms with Crippen molar-refractivity contribution < 1.29 is 23.1 Å². The number of hydrogen-bond acceptors (Lipinski definition) is 5. The van der Waals surface area contributed by atoms with Crippen molar-refractivity contribution in [1.82, 2.24) is 9.55 Å². The van der Waals surface area contributed by atoms with Gasteiger partial charge in [0, 0.05) is 24.5 Å². The van der Waals surface area contributed by atoms with Gasteiger partial charge < -0.3 is 14.4 Å². The minimum absolute atomic E-state index is 0.0254. The fraction of sp³-hybridized carbons (Fsp3) is 0.158. The van der Waals surface area contributed by atoms with E-state index in [0.717, 1.165) is 0 Å². The van der Waals surface area contributed by atoms with Gasteiger partial charge in [-0.15, -0.1) is 0 Å². The molecule has 1 N–H and O–H groups in total. The molecule has 1 aromatic heterocycles. The van der Waals surface area contributed by atoms with Crippen LogP contribution in [0, 0.1) is 0 Å². The van der Waals surface area contributed by atoms with Crippen molar-refractivity contribution in [3.8, 4) is 5.75 Å². The van der Waals surface area contributed by atoms with E-state index < -0.39 is 21.1 Å². The zero-order valence-electron chi connectivity index (χ0n) is 14.5. The summed E-state index contributed by atoms with van der Waals surface area (Å²) in [6.07, 6.45) is 4.81. The van der Waals surface area contributed by atoms with Crippen molar-refractivity contribution >= 4 is 15.8 Å². The van der Waals surface area contributed by atoms with E-state index in [4.69, 9.17) is 9.84 Å². The van der Waals surface area contributed by atoms with Crippen molar-refractivity contribution in [1.29, 1.82) is 0 Å². The van der Waals surface area contributed by atoms with E-state index in [9.17, 15) is 13.2 Å². The molecular formula is C19H18N2O5S. The van der Waals surface area contributed by atoms with Crippen molar-refractivity contribution in [3.05, 3.63) is 78.4 Å². The summed E-state index contributed by atoms with van der Waals surface area (Å²) in [5.74, 6) is -0.646. The second-order valence-corrected chi connectivity index (χ2v) is 8.00. The second kappa shape index (κ2) is 7.63. The number of carboxylic acid groups (broad SMARTS) is 1. The number of methoxy groups -OCH3 is 1. The molecule has 1 heterocycles. The Morgan fingerprint density at radius 2 is 1.89 bits per heavy atom. The van der Waals surface area contributed by atoms with E-state index in [1.165, 1.54) is 31.4 Å². The molecule has 3 rings (SSSR count). The number of nitrogens with zero attached hydrogens (tertiary/aromatic N) is 2. The molecule has 140 valence electrons. The molecule has 2 aromatic carbocycles. The predicted molar refractivity (Wildman–Crippen MR) is 98.5 cm³/mol. The first-order chi connectivity index (χ1) is 12.9. The molecule has 0 saturated carbocycles. The summed E-state index contributed by atoms with van der Waals surface area (Å²) in [5.41, 5.74) is 0.549. The Balaban J connectivity index is 2.09. The van der Waals surface area contributed by atoms with E-state index in [1.54, 1.807) is 47.6 Å². The Kier molecular flexibility index (Phi) is 5.27. The van der Waals surface area contributed by atoms with Crippen molar-refractivity contribution in [2.75, 3.05) is 7.11 Å². The first-order valence-corrected chi connectivity index (χ1v) is 9.64. The molecule has 1 atom stereocenters. The van der Waals surface area contributed by atoms with Crippen LogP contribution in [-0.4, -0.2) is 36.2 Å². The van der Waals surface area contributed by atoms with E-state index in [2.05, 4.69) is 4.98 Å². The Morgan fingerprint density at radius 1 is 1.19 bits per heavy atom. The number of hydrogen-bond donors (Lipinski definition) is 1. The number of para-hydroxylation sites is 1. The molecule has 1 unspecified atom stereocenters. The van der Waals surface area contributed by atoms with Crippen LogP contribution in [0.4, 0.5) is 0 Å². The van der Waals surface area contributed by atoms with Gasteiger partial charge in [0.15, 0.2) is 9.84 Å². The van der Waals surface area contributed by atoms with Gasteiger partial charge in [0.1, 0.15) is 11.0 Å². The summed E-state index contributed by atoms with van der Waals surface area (Å²) >= 11 is 0. The highest BCUT2D eigenvalue weighted by atomic mass is 32.2. The van der Waals surface area contributed by atoms with Gasteiger partial charge in [-0.3, -0.25) is 0 Å². The van der Waals surface area contributed by atoms with Gasteiger partial charge in [-0.1, -0.05) is 18.2 Å². The Morgan fingerprint density at radius 3 is 2.48 bits per heavy atom. The molecule has 0 aliphatic rings. The van der Waals surface area contributed by atoms with Crippen molar-refractivity contribution in [2.24, 2.45) is 0 Å². The maximum atomic E-state index is 13.4. The molecule has 0 radical (unpaired) electrons. The molecule has 0 spiro atoms. The van der Waals surface area contributed by atoms with Gasteiger partial charge in [0.05, 0.1) is 23.9 Å². The molecule has 27 heavy (non-hydrogen) atoms. The summed E-state index contributed by atoms with van der Waals surface area (Å²) in [4.78, 5) is 15.0. The van der Waals surface area contributed by atoms with Crippen molar-refractivity contribution in [2.45, 2.75) is 16.7 Å². The number of rotatable bonds is 7. The van der Waals surface area contributed by atoms with Gasteiger partial charge in [0.2, 0.25) is 0 Å². The maximum absolute atomic E-state index is 13.4. The highest BCUT2D eigenvalue weighted by Crippen LogP contribution is 2.35. The lowest BCUT2D eigenvalue weighted by Crippen LogP contribution is -2.20. The van der Waals surface area contributed by atoms with Crippen LogP contribution < -0.4 is 4.74 Å². The minimum Gasteiger partial charge on any atom is -0.496 e. The number of aromatic carboxylic acids is 1. The summed E-state index contributed by atoms with van der Waals surface area (Å²) in [5, 5.41) is 8.10. The predicted octanol–water partition coefficient (Wildman–Crippen LogP) is 2.81. The standard InChI is InChI=1S/C19H18N2O5S/c1-26-17-5-3-2-4-16(17)18(12-21-11-10-20-13-21)27(24,25)15-8-6-14(7-9-15)19(22)23/h2-11,13,18H,12H2,1H3,(H,22,23). The van der Waals surface area contributed by atoms with Gasteiger partial charge in [0.25, 0.3) is 0 Å². The van der Waals surface area contributed by atoms with Crippen LogP contribution in [0.15, 0.2) is 72.1 Å². The van der Waals surface area contributed by atoms with Crippen LogP contribution in [0.25, 0.3) is 0 Å². The van der Waals surface area contributed by atoms with Gasteiger partial charge in [-0.25, -0.2) is 18.2 Å². The van der Waals surface area contributed by atoms with Crippen molar-refractivity contribution in [3.63, 3.8) is 0 Å². The minimum atomic E-state index is -3.83. The highest BCUT2D eigenvalue weighted by molar-refractivity contribution is 7.91. The summed E-state index contributed by atoms with van der Waals surface area (Å²) in [6.45, 7) is 0.142. The van der Waals surface area contributed by atoms with Crippen LogP contribution in [0.2, 0.25) is 0 Å². The number of imidazole rings is 1. The molecular weight excluding hydrogens is 368 g/mol. The van der Waals surface area contributed by atoms with Gasteiger partial charge in [-0.2, -0.15) is 0 Å². The average Bonchev–Trinajstić information content (AvgIpc) is 3.19. The molecule has 0 saturated heterocycles. The SMILES string of the molecule is COc1ccccc1C(Cn1ccnc1)S(=O)(=O)c1ccc(C(=O)O)cc1. The largest absolute Gasteiger partial charge is 0.496 e. The van der Waals surface area contributed by atoms with E-state index >= 15 is 0 Å². The van der Waals surface area contributed by atoms with E-state index in [-0.39, 0.29) is 17.0 Å². The first-order valence-electron chi connectivity index (χ1n) is 8.09. The summed E-state index contributed by atoms with van der Waals surface area (Å²) in [7, 11) is -2.34. The second-order valence-electron chi connectivity index (χ2n) is 5.86. The molecule has 0 fully saturated rings. The number of aromatic nitrogens is 2. The Hall–Kier alpha value is -3.13. The normalized spacial score (nSPS) is 12.5. The van der Waals surface area contributed by atoms with Crippen LogP contribution in [0.3, 0.4) is 0 Å². The Labute approximate surface area is 156 Å². The third kappa shape index (κ3) is 3.85. The highest BCUT2D eigenvalue weighted by Gasteiger charge is 2.32. The lowest BCUT2D eigenvalue weighted by molar-refractivity contribution is 0.0696. The zero-order valence-corrected chi connectivity index (χ0v) is 15.3. The first kappa shape index (κ1) is 18.7. The number of carboxylic acids is 1. The van der Waals surface area contributed by atoms with E-state index in [1.807, 2.05) is 0 Å². The summed E-state index contributed by atoms with van der Waals surface area (Å²) in [6, 6.07) is 12.1. The fourth-order valence-electron chi connectivity index (χ4n) is 2.83. The maximum Gasteiger partial charge on any atom is 0.335 e.